The number of alkyl halides is 3. The van der Waals surface area contributed by atoms with Crippen molar-refractivity contribution < 1.29 is 17.9 Å². The monoisotopic (exact) mass is 233 g/mol. The van der Waals surface area contributed by atoms with Crippen LogP contribution >= 0.6 is 0 Å². The average Bonchev–Trinajstić information content (AvgIpc) is 2.25. The van der Waals surface area contributed by atoms with Crippen LogP contribution < -0.4 is 5.32 Å². The molecule has 16 heavy (non-hydrogen) atoms. The number of nitrogens with one attached hydrogen (secondary N) is 1. The predicted octanol–water partition coefficient (Wildman–Crippen LogP) is 2.61. The van der Waals surface area contributed by atoms with Crippen LogP contribution in [0, 0.1) is 0 Å². The van der Waals surface area contributed by atoms with Gasteiger partial charge in [0.15, 0.2) is 0 Å². The highest BCUT2D eigenvalue weighted by Crippen LogP contribution is 2.31. The number of halogens is 3. The fourth-order valence-electron chi connectivity index (χ4n) is 1.44. The Balaban J connectivity index is 2.97. The van der Waals surface area contributed by atoms with Crippen LogP contribution in [-0.2, 0) is 10.9 Å². The molecule has 0 spiro atoms. The van der Waals surface area contributed by atoms with E-state index in [2.05, 4.69) is 5.32 Å². The van der Waals surface area contributed by atoms with E-state index in [1.54, 1.807) is 13.1 Å². The molecule has 0 heterocycles. The van der Waals surface area contributed by atoms with E-state index in [-0.39, 0.29) is 6.10 Å². The first-order valence-corrected chi connectivity index (χ1v) is 4.83. The summed E-state index contributed by atoms with van der Waals surface area (Å²) in [7, 11) is 3.20. The maximum Gasteiger partial charge on any atom is 0.416 e. The van der Waals surface area contributed by atoms with Gasteiger partial charge in [-0.05, 0) is 24.7 Å². The molecule has 0 aliphatic rings. The van der Waals surface area contributed by atoms with E-state index in [1.807, 2.05) is 0 Å². The molecule has 1 aromatic carbocycles. The standard InChI is InChI=1S/C11H14F3NO/c1-15-7-10(16-2)8-4-3-5-9(6-8)11(12,13)14/h3-6,10,15H,7H2,1-2H3/t10-/m0/s1. The van der Waals surface area contributed by atoms with Crippen LogP contribution in [0.3, 0.4) is 0 Å². The third-order valence-corrected chi connectivity index (χ3v) is 2.26. The molecular formula is C11H14F3NO. The molecule has 0 aliphatic heterocycles. The fraction of sp³-hybridized carbons (Fsp3) is 0.455. The van der Waals surface area contributed by atoms with Gasteiger partial charge < -0.3 is 10.1 Å². The molecule has 0 saturated carbocycles. The topological polar surface area (TPSA) is 21.3 Å². The van der Waals surface area contributed by atoms with Gasteiger partial charge in [-0.1, -0.05) is 12.1 Å². The Kier molecular flexibility index (Phi) is 4.32. The van der Waals surface area contributed by atoms with Gasteiger partial charge in [0.05, 0.1) is 11.7 Å². The van der Waals surface area contributed by atoms with Crippen LogP contribution in [0.1, 0.15) is 17.2 Å². The van der Waals surface area contributed by atoms with Crippen LogP contribution in [0.5, 0.6) is 0 Å². The van der Waals surface area contributed by atoms with Gasteiger partial charge in [-0.2, -0.15) is 13.2 Å². The summed E-state index contributed by atoms with van der Waals surface area (Å²) < 4.78 is 42.5. The lowest BCUT2D eigenvalue weighted by molar-refractivity contribution is -0.137. The minimum atomic E-state index is -4.31. The van der Waals surface area contributed by atoms with E-state index in [9.17, 15) is 13.2 Å². The van der Waals surface area contributed by atoms with Gasteiger partial charge >= 0.3 is 6.18 Å². The Morgan fingerprint density at radius 2 is 2.06 bits per heavy atom. The number of likely N-dealkylation sites (N-methyl/N-ethyl adjacent to an activating group) is 1. The van der Waals surface area contributed by atoms with Gasteiger partial charge in [0.1, 0.15) is 0 Å². The highest BCUT2D eigenvalue weighted by Gasteiger charge is 2.30. The first-order chi connectivity index (χ1) is 7.49. The number of rotatable bonds is 4. The van der Waals surface area contributed by atoms with E-state index in [1.165, 1.54) is 13.2 Å². The van der Waals surface area contributed by atoms with Gasteiger partial charge in [0.2, 0.25) is 0 Å². The number of hydrogen-bond acceptors (Lipinski definition) is 2. The van der Waals surface area contributed by atoms with Crippen LogP contribution in [0.2, 0.25) is 0 Å². The van der Waals surface area contributed by atoms with Crippen molar-refractivity contribution in [3.63, 3.8) is 0 Å². The molecular weight excluding hydrogens is 219 g/mol. The van der Waals surface area contributed by atoms with Gasteiger partial charge in [0.25, 0.3) is 0 Å². The van der Waals surface area contributed by atoms with Crippen molar-refractivity contribution in [2.75, 3.05) is 20.7 Å². The Labute approximate surface area is 92.4 Å². The molecule has 0 aromatic heterocycles. The van der Waals surface area contributed by atoms with E-state index in [0.29, 0.717) is 12.1 Å². The van der Waals surface area contributed by atoms with Crippen LogP contribution in [-0.4, -0.2) is 20.7 Å². The maximum atomic E-state index is 12.5. The van der Waals surface area contributed by atoms with E-state index < -0.39 is 11.7 Å². The molecule has 0 aliphatic carbocycles. The van der Waals surface area contributed by atoms with E-state index >= 15 is 0 Å². The van der Waals surface area contributed by atoms with E-state index in [4.69, 9.17) is 4.74 Å². The molecule has 0 unspecified atom stereocenters. The van der Waals surface area contributed by atoms with Crippen molar-refractivity contribution in [2.45, 2.75) is 12.3 Å². The molecule has 1 rings (SSSR count). The molecule has 90 valence electrons. The van der Waals surface area contributed by atoms with Gasteiger partial charge in [-0.3, -0.25) is 0 Å². The molecule has 0 bridgehead atoms. The molecule has 2 nitrogen and oxygen atoms in total. The lowest BCUT2D eigenvalue weighted by Gasteiger charge is -2.16. The van der Waals surface area contributed by atoms with Gasteiger partial charge in [0, 0.05) is 13.7 Å². The minimum Gasteiger partial charge on any atom is -0.375 e. The smallest absolute Gasteiger partial charge is 0.375 e. The molecule has 0 fully saturated rings. The lowest BCUT2D eigenvalue weighted by atomic mass is 10.1. The first kappa shape index (κ1) is 13.0. The second kappa shape index (κ2) is 5.32. The summed E-state index contributed by atoms with van der Waals surface area (Å²) in [4.78, 5) is 0. The number of methoxy groups -OCH3 is 1. The van der Waals surface area contributed by atoms with Crippen molar-refractivity contribution in [1.82, 2.24) is 5.32 Å². The lowest BCUT2D eigenvalue weighted by Crippen LogP contribution is -2.19. The van der Waals surface area contributed by atoms with Crippen molar-refractivity contribution in [3.8, 4) is 0 Å². The molecule has 1 N–H and O–H groups in total. The zero-order valence-corrected chi connectivity index (χ0v) is 9.14. The van der Waals surface area contributed by atoms with Gasteiger partial charge in [-0.25, -0.2) is 0 Å². The van der Waals surface area contributed by atoms with E-state index in [0.717, 1.165) is 12.1 Å². The molecule has 1 atom stereocenters. The van der Waals surface area contributed by atoms with Crippen molar-refractivity contribution >= 4 is 0 Å². The van der Waals surface area contributed by atoms with Crippen LogP contribution in [0.25, 0.3) is 0 Å². The number of benzene rings is 1. The normalized spacial score (nSPS) is 13.8. The third kappa shape index (κ3) is 3.21. The molecule has 0 saturated heterocycles. The SMILES string of the molecule is CNC[C@H](OC)c1cccc(C(F)(F)F)c1. The quantitative estimate of drug-likeness (QED) is 0.863. The van der Waals surface area contributed by atoms with Crippen molar-refractivity contribution in [1.29, 1.82) is 0 Å². The summed E-state index contributed by atoms with van der Waals surface area (Å²) >= 11 is 0. The fourth-order valence-corrected chi connectivity index (χ4v) is 1.44. The van der Waals surface area contributed by atoms with Crippen LogP contribution in [0.15, 0.2) is 24.3 Å². The Morgan fingerprint density at radius 3 is 2.56 bits per heavy atom. The Hall–Kier alpha value is -1.07. The van der Waals surface area contributed by atoms with Gasteiger partial charge in [-0.15, -0.1) is 0 Å². The summed E-state index contributed by atoms with van der Waals surface area (Å²) in [6.07, 6.45) is -4.68. The first-order valence-electron chi connectivity index (χ1n) is 4.83. The predicted molar refractivity (Wildman–Crippen MR) is 55.1 cm³/mol. The number of ether oxygens (including phenoxy) is 1. The second-order valence-electron chi connectivity index (χ2n) is 3.41. The summed E-state index contributed by atoms with van der Waals surface area (Å²) in [5.41, 5.74) is -0.130. The number of hydrogen-bond donors (Lipinski definition) is 1. The summed E-state index contributed by atoms with van der Waals surface area (Å²) in [6, 6.07) is 5.18. The zero-order chi connectivity index (χ0) is 12.2. The zero-order valence-electron chi connectivity index (χ0n) is 9.14. The van der Waals surface area contributed by atoms with Crippen LogP contribution in [0.4, 0.5) is 13.2 Å². The summed E-state index contributed by atoms with van der Waals surface area (Å²) in [5, 5.41) is 2.87. The molecule has 0 radical (unpaired) electrons. The summed E-state index contributed by atoms with van der Waals surface area (Å²) in [5.74, 6) is 0. The second-order valence-corrected chi connectivity index (χ2v) is 3.41. The summed E-state index contributed by atoms with van der Waals surface area (Å²) in [6.45, 7) is 0.470. The Morgan fingerprint density at radius 1 is 1.38 bits per heavy atom. The maximum absolute atomic E-state index is 12.5. The third-order valence-electron chi connectivity index (χ3n) is 2.26. The Bertz CT molecular complexity index is 338. The van der Waals surface area contributed by atoms with Crippen molar-refractivity contribution in [3.05, 3.63) is 35.4 Å². The average molecular weight is 233 g/mol. The highest BCUT2D eigenvalue weighted by molar-refractivity contribution is 5.27. The minimum absolute atomic E-state index is 0.368. The molecule has 1 aromatic rings. The largest absolute Gasteiger partial charge is 0.416 e. The molecule has 5 heteroatoms. The highest BCUT2D eigenvalue weighted by atomic mass is 19.4. The van der Waals surface area contributed by atoms with Crippen molar-refractivity contribution in [2.24, 2.45) is 0 Å². The molecule has 0 amide bonds.